The molecule has 4 N–H and O–H groups in total. The van der Waals surface area contributed by atoms with Gasteiger partial charge in [-0.15, -0.1) is 0 Å². The number of piperidine rings is 1. The van der Waals surface area contributed by atoms with Gasteiger partial charge in [-0.05, 0) is 38.1 Å². The molecule has 1 aromatic heterocycles. The number of benzene rings is 1. The number of nitrogens with one attached hydrogen (secondary N) is 3. The molecule has 1 atom stereocenters. The number of halogens is 2. The number of amides is 2. The average molecular weight is 508 g/mol. The Balaban J connectivity index is 0.00000240. The second kappa shape index (κ2) is 13.7. The van der Waals surface area contributed by atoms with Gasteiger partial charge >= 0.3 is 59.1 Å². The molecule has 1 saturated heterocycles. The fourth-order valence-electron chi connectivity index (χ4n) is 3.02. The molecule has 0 saturated carbocycles. The summed E-state index contributed by atoms with van der Waals surface area (Å²) < 4.78 is 12.4. The zero-order chi connectivity index (χ0) is 21.0. The van der Waals surface area contributed by atoms with Gasteiger partial charge in [0, 0.05) is 6.04 Å². The molecule has 2 amide bonds. The molecule has 2 aromatic rings. The monoisotopic (exact) mass is 507 g/mol. The fourth-order valence-corrected chi connectivity index (χ4v) is 4.03. The molecule has 0 radical (unpaired) electrons. The molecule has 1 fully saturated rings. The molecule has 1 aromatic carbocycles. The molecule has 0 spiro atoms. The zero-order valence-electron chi connectivity index (χ0n) is 15.2. The van der Waals surface area contributed by atoms with Gasteiger partial charge in [-0.2, -0.15) is 5.10 Å². The standard InChI is InChI=1S/C17H20Cl2N5O4P.2Na.2H/c18-11-2-1-3-12(19)14(11)16(25)22-13-8-24(9-29(27)28)23-15(13)17(26)21-10-4-6-20-7-5-10;;;;/h1-3,8,10,20,29H,4-7,9H2,(H,21,26)(H,22,25)(H,27,28);;;;. The number of hydrogen-bond acceptors (Lipinski definition) is 5. The molecular weight excluding hydrogens is 486 g/mol. The van der Waals surface area contributed by atoms with Crippen LogP contribution in [0.5, 0.6) is 0 Å². The Morgan fingerprint density at radius 3 is 2.39 bits per heavy atom. The number of carbonyl (C=O) groups is 2. The Morgan fingerprint density at radius 1 is 1.19 bits per heavy atom. The van der Waals surface area contributed by atoms with Crippen LogP contribution in [-0.2, 0) is 10.9 Å². The van der Waals surface area contributed by atoms with E-state index < -0.39 is 19.8 Å². The van der Waals surface area contributed by atoms with E-state index in [1.54, 1.807) is 6.07 Å². The van der Waals surface area contributed by atoms with Gasteiger partial charge < -0.3 is 20.8 Å². The number of hydrogen-bond donors (Lipinski definition) is 4. The van der Waals surface area contributed by atoms with E-state index in [1.807, 2.05) is 0 Å². The summed E-state index contributed by atoms with van der Waals surface area (Å²) in [5, 5.41) is 13.1. The van der Waals surface area contributed by atoms with Crippen molar-refractivity contribution in [3.8, 4) is 0 Å². The first kappa shape index (κ1) is 29.1. The third-order valence-electron chi connectivity index (χ3n) is 4.39. The van der Waals surface area contributed by atoms with Crippen molar-refractivity contribution in [2.24, 2.45) is 0 Å². The van der Waals surface area contributed by atoms with Crippen LogP contribution in [0.3, 0.4) is 0 Å². The van der Waals surface area contributed by atoms with Crippen LogP contribution in [0, 0.1) is 0 Å². The predicted octanol–water partition coefficient (Wildman–Crippen LogP) is 1.05. The number of nitrogens with zero attached hydrogens (tertiary/aromatic N) is 2. The number of rotatable bonds is 6. The molecule has 1 unspecified atom stereocenters. The Labute approximate surface area is 234 Å². The van der Waals surface area contributed by atoms with E-state index in [4.69, 9.17) is 23.2 Å². The van der Waals surface area contributed by atoms with Gasteiger partial charge in [-0.1, -0.05) is 29.3 Å². The van der Waals surface area contributed by atoms with E-state index in [2.05, 4.69) is 21.0 Å². The maximum atomic E-state index is 12.7. The summed E-state index contributed by atoms with van der Waals surface area (Å²) in [5.74, 6) is -1.10. The summed E-state index contributed by atoms with van der Waals surface area (Å²) >= 11 is 12.1. The van der Waals surface area contributed by atoms with Crippen LogP contribution < -0.4 is 16.0 Å². The first-order valence-electron chi connectivity index (χ1n) is 8.91. The van der Waals surface area contributed by atoms with Gasteiger partial charge in [0.25, 0.3) is 11.8 Å². The summed E-state index contributed by atoms with van der Waals surface area (Å²) in [6.45, 7) is 1.58. The van der Waals surface area contributed by atoms with E-state index in [1.165, 1.54) is 18.3 Å². The van der Waals surface area contributed by atoms with Crippen molar-refractivity contribution in [1.29, 1.82) is 0 Å². The first-order valence-corrected chi connectivity index (χ1v) is 11.2. The van der Waals surface area contributed by atoms with Gasteiger partial charge in [0.2, 0.25) is 8.03 Å². The van der Waals surface area contributed by atoms with Gasteiger partial charge in [0.1, 0.15) is 6.29 Å². The second-order valence-corrected chi connectivity index (χ2v) is 8.45. The molecule has 31 heavy (non-hydrogen) atoms. The van der Waals surface area contributed by atoms with Crippen molar-refractivity contribution in [2.75, 3.05) is 18.4 Å². The molecular formula is C17H22Cl2N5Na2O4P. The van der Waals surface area contributed by atoms with Crippen LogP contribution in [0.2, 0.25) is 10.0 Å². The predicted molar refractivity (Wildman–Crippen MR) is 126 cm³/mol. The van der Waals surface area contributed by atoms with Crippen LogP contribution in [0.15, 0.2) is 24.4 Å². The summed E-state index contributed by atoms with van der Waals surface area (Å²) in [4.78, 5) is 34.6. The molecule has 0 bridgehead atoms. The normalized spacial score (nSPS) is 14.7. The Morgan fingerprint density at radius 2 is 1.81 bits per heavy atom. The maximum absolute atomic E-state index is 12.7. The Kier molecular flexibility index (Phi) is 12.9. The van der Waals surface area contributed by atoms with Gasteiger partial charge in [0.15, 0.2) is 5.69 Å². The summed E-state index contributed by atoms with van der Waals surface area (Å²) in [6.07, 6.45) is 2.60. The molecule has 3 rings (SSSR count). The van der Waals surface area contributed by atoms with Crippen molar-refractivity contribution in [3.05, 3.63) is 45.7 Å². The van der Waals surface area contributed by atoms with E-state index in [0.29, 0.717) is 0 Å². The topological polar surface area (TPSA) is 125 Å². The first-order chi connectivity index (χ1) is 13.8. The second-order valence-electron chi connectivity index (χ2n) is 6.53. The number of carbonyl (C=O) groups excluding carboxylic acids is 2. The molecule has 9 nitrogen and oxygen atoms in total. The summed E-state index contributed by atoms with van der Waals surface area (Å²) in [5.41, 5.74) is 0.105. The van der Waals surface area contributed by atoms with Gasteiger partial charge in [-0.3, -0.25) is 18.8 Å². The van der Waals surface area contributed by atoms with Crippen LogP contribution in [-0.4, -0.2) is 105 Å². The molecule has 160 valence electrons. The van der Waals surface area contributed by atoms with Crippen molar-refractivity contribution in [2.45, 2.75) is 25.2 Å². The Bertz CT molecular complexity index is 936. The summed E-state index contributed by atoms with van der Waals surface area (Å²) in [6, 6.07) is 4.63. The SMILES string of the molecule is O=C(NC1CCNCC1)c1nn(C[PH](=O)O)cc1NC(=O)c1c(Cl)cccc1Cl.[NaH].[NaH]. The van der Waals surface area contributed by atoms with Crippen molar-refractivity contribution in [3.63, 3.8) is 0 Å². The van der Waals surface area contributed by atoms with Crippen molar-refractivity contribution in [1.82, 2.24) is 20.4 Å². The number of aromatic nitrogens is 2. The molecule has 2 heterocycles. The van der Waals surface area contributed by atoms with E-state index in [9.17, 15) is 19.0 Å². The average Bonchev–Trinajstić information content (AvgIpc) is 3.04. The molecule has 0 aliphatic carbocycles. The molecule has 1 aliphatic heterocycles. The minimum atomic E-state index is -2.88. The third-order valence-corrected chi connectivity index (χ3v) is 5.61. The van der Waals surface area contributed by atoms with Crippen molar-refractivity contribution >= 4 is 108 Å². The summed E-state index contributed by atoms with van der Waals surface area (Å²) in [7, 11) is -2.88. The quantitative estimate of drug-likeness (QED) is 0.342. The molecule has 1 aliphatic rings. The van der Waals surface area contributed by atoms with Crippen LogP contribution >= 0.6 is 31.2 Å². The van der Waals surface area contributed by atoms with Gasteiger partial charge in [0.05, 0.1) is 27.5 Å². The Hall–Kier alpha value is 0.100. The van der Waals surface area contributed by atoms with Crippen molar-refractivity contribution < 1.29 is 19.0 Å². The minimum absolute atomic E-state index is 0. The molecule has 14 heteroatoms. The zero-order valence-corrected chi connectivity index (χ0v) is 17.8. The van der Waals surface area contributed by atoms with Gasteiger partial charge in [-0.25, -0.2) is 0 Å². The van der Waals surface area contributed by atoms with E-state index in [0.717, 1.165) is 30.6 Å². The third kappa shape index (κ3) is 8.12. The van der Waals surface area contributed by atoms with E-state index in [-0.39, 0.29) is 98.4 Å². The van der Waals surface area contributed by atoms with Crippen LogP contribution in [0.25, 0.3) is 0 Å². The van der Waals surface area contributed by atoms with Crippen LogP contribution in [0.4, 0.5) is 5.69 Å². The fraction of sp³-hybridized carbons (Fsp3) is 0.353. The number of anilines is 1. The van der Waals surface area contributed by atoms with E-state index >= 15 is 0 Å². The van der Waals surface area contributed by atoms with Crippen LogP contribution in [0.1, 0.15) is 33.7 Å².